The van der Waals surface area contributed by atoms with Crippen molar-refractivity contribution < 1.29 is 24.6 Å². The summed E-state index contributed by atoms with van der Waals surface area (Å²) in [6.45, 7) is 1.83. The van der Waals surface area contributed by atoms with Crippen molar-refractivity contribution in [3.63, 3.8) is 0 Å². The zero-order valence-electron chi connectivity index (χ0n) is 11.9. The van der Waals surface area contributed by atoms with Gasteiger partial charge in [-0.25, -0.2) is 4.79 Å². The lowest BCUT2D eigenvalue weighted by molar-refractivity contribution is -0.143. The first-order chi connectivity index (χ1) is 9.73. The van der Waals surface area contributed by atoms with Crippen molar-refractivity contribution in [2.24, 2.45) is 22.4 Å². The first-order valence-electron chi connectivity index (χ1n) is 6.54. The molecule has 21 heavy (non-hydrogen) atoms. The molecule has 0 radical (unpaired) electrons. The minimum atomic E-state index is -1.15. The Bertz CT molecular complexity index is 406. The van der Waals surface area contributed by atoms with Crippen molar-refractivity contribution >= 4 is 23.8 Å². The molecule has 0 saturated carbocycles. The second-order valence-corrected chi connectivity index (χ2v) is 4.68. The van der Waals surface area contributed by atoms with E-state index in [9.17, 15) is 14.4 Å². The normalized spacial score (nSPS) is 13.0. The molecule has 0 fully saturated rings. The second kappa shape index (κ2) is 9.56. The van der Waals surface area contributed by atoms with Crippen molar-refractivity contribution in [2.75, 3.05) is 6.54 Å². The van der Waals surface area contributed by atoms with Crippen molar-refractivity contribution in [1.82, 2.24) is 5.32 Å². The Kier molecular flexibility index (Phi) is 8.51. The Labute approximate surface area is 122 Å². The van der Waals surface area contributed by atoms with Gasteiger partial charge in [0.15, 0.2) is 5.96 Å². The number of aliphatic carboxylic acids is 2. The molecule has 7 N–H and O–H groups in total. The van der Waals surface area contributed by atoms with Gasteiger partial charge in [-0.1, -0.05) is 6.92 Å². The lowest BCUT2D eigenvalue weighted by Gasteiger charge is -2.17. The smallest absolute Gasteiger partial charge is 0.326 e. The summed E-state index contributed by atoms with van der Waals surface area (Å²) >= 11 is 0. The lowest BCUT2D eigenvalue weighted by Crippen LogP contribution is -2.43. The molecule has 1 unspecified atom stereocenters. The zero-order valence-corrected chi connectivity index (χ0v) is 11.9. The van der Waals surface area contributed by atoms with Gasteiger partial charge in [-0.15, -0.1) is 0 Å². The topological polar surface area (TPSA) is 168 Å². The monoisotopic (exact) mass is 302 g/mol. The maximum atomic E-state index is 11.8. The Morgan fingerprint density at radius 1 is 1.19 bits per heavy atom. The van der Waals surface area contributed by atoms with Gasteiger partial charge < -0.3 is 27.0 Å². The number of aliphatic imine (C=N–C) groups is 1. The predicted molar refractivity (Wildman–Crippen MR) is 75.5 cm³/mol. The highest BCUT2D eigenvalue weighted by molar-refractivity contribution is 5.85. The number of carbonyl (C=O) groups excluding carboxylic acids is 1. The third-order valence-electron chi connectivity index (χ3n) is 2.80. The molecule has 0 spiro atoms. The molecule has 0 aromatic rings. The van der Waals surface area contributed by atoms with Gasteiger partial charge in [-0.3, -0.25) is 14.6 Å². The van der Waals surface area contributed by atoms with Crippen LogP contribution in [0.2, 0.25) is 0 Å². The molecular weight excluding hydrogens is 280 g/mol. The van der Waals surface area contributed by atoms with E-state index < -0.39 is 29.8 Å². The molecule has 0 bridgehead atoms. The molecule has 0 rings (SSSR count). The van der Waals surface area contributed by atoms with E-state index in [-0.39, 0.29) is 31.8 Å². The van der Waals surface area contributed by atoms with Crippen LogP contribution in [0.4, 0.5) is 0 Å². The quantitative estimate of drug-likeness (QED) is 0.198. The Morgan fingerprint density at radius 2 is 1.81 bits per heavy atom. The number of nitrogens with zero attached hydrogens (tertiary/aromatic N) is 1. The number of carboxylic acids is 2. The molecule has 0 aromatic heterocycles. The van der Waals surface area contributed by atoms with Crippen molar-refractivity contribution in [2.45, 2.75) is 38.6 Å². The number of nitrogens with one attached hydrogen (secondary N) is 1. The van der Waals surface area contributed by atoms with Gasteiger partial charge in [0, 0.05) is 18.9 Å². The van der Waals surface area contributed by atoms with E-state index in [1.807, 2.05) is 0 Å². The van der Waals surface area contributed by atoms with Crippen LogP contribution in [0.15, 0.2) is 4.99 Å². The zero-order chi connectivity index (χ0) is 16.4. The van der Waals surface area contributed by atoms with Gasteiger partial charge in [-0.2, -0.15) is 0 Å². The summed E-state index contributed by atoms with van der Waals surface area (Å²) in [4.78, 5) is 37.0. The molecule has 0 aliphatic heterocycles. The molecule has 0 aliphatic rings. The number of hydrogen-bond donors (Lipinski definition) is 5. The fourth-order valence-electron chi connectivity index (χ4n) is 1.55. The molecular formula is C12H22N4O5. The summed E-state index contributed by atoms with van der Waals surface area (Å²) in [6, 6.07) is -1.04. The first kappa shape index (κ1) is 18.7. The highest BCUT2D eigenvalue weighted by Gasteiger charge is 2.22. The van der Waals surface area contributed by atoms with Crippen LogP contribution in [0, 0.1) is 5.92 Å². The SMILES string of the molecule is CC(CCC(=O)O)C(=O)N[C@@H](CCCN=C(N)N)C(=O)O. The summed E-state index contributed by atoms with van der Waals surface area (Å²) < 4.78 is 0. The van der Waals surface area contributed by atoms with Crippen molar-refractivity contribution in [1.29, 1.82) is 0 Å². The minimum Gasteiger partial charge on any atom is -0.481 e. The molecule has 9 nitrogen and oxygen atoms in total. The van der Waals surface area contributed by atoms with E-state index in [1.54, 1.807) is 6.92 Å². The van der Waals surface area contributed by atoms with E-state index in [4.69, 9.17) is 21.7 Å². The predicted octanol–water partition coefficient (Wildman–Crippen LogP) is -0.890. The van der Waals surface area contributed by atoms with Gasteiger partial charge in [0.05, 0.1) is 0 Å². The fourth-order valence-corrected chi connectivity index (χ4v) is 1.55. The third kappa shape index (κ3) is 9.25. The van der Waals surface area contributed by atoms with Gasteiger partial charge in [0.25, 0.3) is 0 Å². The van der Waals surface area contributed by atoms with Crippen LogP contribution in [0.3, 0.4) is 0 Å². The lowest BCUT2D eigenvalue weighted by atomic mass is 10.0. The molecule has 0 saturated heterocycles. The number of carboxylic acid groups (broad SMARTS) is 2. The number of amides is 1. The summed E-state index contributed by atoms with van der Waals surface area (Å²) in [6.07, 6.45) is 0.598. The van der Waals surface area contributed by atoms with Gasteiger partial charge in [0.1, 0.15) is 6.04 Å². The Balaban J connectivity index is 4.29. The fraction of sp³-hybridized carbons (Fsp3) is 0.667. The number of carbonyl (C=O) groups is 3. The van der Waals surface area contributed by atoms with Crippen LogP contribution in [0.1, 0.15) is 32.6 Å². The van der Waals surface area contributed by atoms with Crippen molar-refractivity contribution in [3.05, 3.63) is 0 Å². The second-order valence-electron chi connectivity index (χ2n) is 4.68. The van der Waals surface area contributed by atoms with E-state index in [2.05, 4.69) is 10.3 Å². The Morgan fingerprint density at radius 3 is 2.29 bits per heavy atom. The first-order valence-corrected chi connectivity index (χ1v) is 6.54. The molecule has 2 atom stereocenters. The van der Waals surface area contributed by atoms with Crippen LogP contribution >= 0.6 is 0 Å². The largest absolute Gasteiger partial charge is 0.481 e. The highest BCUT2D eigenvalue weighted by atomic mass is 16.4. The van der Waals surface area contributed by atoms with Crippen LogP contribution in [0.5, 0.6) is 0 Å². The van der Waals surface area contributed by atoms with Gasteiger partial charge >= 0.3 is 11.9 Å². The van der Waals surface area contributed by atoms with Crippen molar-refractivity contribution in [3.8, 4) is 0 Å². The molecule has 9 heteroatoms. The average Bonchev–Trinajstić information content (AvgIpc) is 2.38. The average molecular weight is 302 g/mol. The highest BCUT2D eigenvalue weighted by Crippen LogP contribution is 2.07. The Hall–Kier alpha value is -2.32. The minimum absolute atomic E-state index is 0.0757. The third-order valence-corrected chi connectivity index (χ3v) is 2.80. The standard InChI is InChI=1S/C12H22N4O5/c1-7(4-5-9(17)18)10(19)16-8(11(20)21)3-2-6-15-12(13)14/h7-8H,2-6H2,1H3,(H,16,19)(H,17,18)(H,20,21)(H4,13,14,15)/t7?,8-/m0/s1. The maximum absolute atomic E-state index is 11.8. The number of guanidine groups is 1. The van der Waals surface area contributed by atoms with E-state index >= 15 is 0 Å². The van der Waals surface area contributed by atoms with E-state index in [0.29, 0.717) is 6.42 Å². The van der Waals surface area contributed by atoms with Gasteiger partial charge in [-0.05, 0) is 19.3 Å². The molecule has 0 aliphatic carbocycles. The molecule has 0 heterocycles. The number of nitrogens with two attached hydrogens (primary N) is 2. The van der Waals surface area contributed by atoms with Crippen LogP contribution < -0.4 is 16.8 Å². The molecule has 0 aromatic carbocycles. The molecule has 1 amide bonds. The van der Waals surface area contributed by atoms with E-state index in [1.165, 1.54) is 0 Å². The summed E-state index contributed by atoms with van der Waals surface area (Å²) in [5.41, 5.74) is 10.3. The van der Waals surface area contributed by atoms with Crippen LogP contribution in [-0.4, -0.2) is 46.6 Å². The number of hydrogen-bond acceptors (Lipinski definition) is 4. The molecule has 120 valence electrons. The van der Waals surface area contributed by atoms with Crippen LogP contribution in [0.25, 0.3) is 0 Å². The summed E-state index contributed by atoms with van der Waals surface area (Å²) in [7, 11) is 0. The van der Waals surface area contributed by atoms with E-state index in [0.717, 1.165) is 0 Å². The number of rotatable bonds is 10. The van der Waals surface area contributed by atoms with Gasteiger partial charge in [0.2, 0.25) is 5.91 Å². The maximum Gasteiger partial charge on any atom is 0.326 e. The summed E-state index contributed by atoms with van der Waals surface area (Å²) in [5, 5.41) is 20.0. The van der Waals surface area contributed by atoms with Crippen LogP contribution in [-0.2, 0) is 14.4 Å². The summed E-state index contributed by atoms with van der Waals surface area (Å²) in [5.74, 6) is -3.28.